The molecule has 2 N–H and O–H groups in total. The average Bonchev–Trinajstić information content (AvgIpc) is 3.77. The smallest absolute Gasteiger partial charge is 0.473 e. The van der Waals surface area contributed by atoms with E-state index in [1.54, 1.807) is 30.3 Å². The van der Waals surface area contributed by atoms with Crippen molar-refractivity contribution < 1.29 is 33.1 Å². The van der Waals surface area contributed by atoms with Gasteiger partial charge in [0.1, 0.15) is 11.5 Å². The first-order valence-corrected chi connectivity index (χ1v) is 16.2. The van der Waals surface area contributed by atoms with Gasteiger partial charge in [-0.3, -0.25) is 9.05 Å². The van der Waals surface area contributed by atoms with Crippen molar-refractivity contribution in [1.29, 1.82) is 0 Å². The third kappa shape index (κ3) is 8.65. The normalized spacial score (nSPS) is 21.0. The number of hydrogen-bond donors (Lipinski definition) is 2. The SMILES string of the molecule is C=C(C)[C@@H]1CCC(C)=C[C@H]1c1c(O)cc(CCCCC)cc1OC(=O)C(OP(=O)(O)OCc1ccccc1)C1CC1. The van der Waals surface area contributed by atoms with Crippen molar-refractivity contribution in [2.45, 2.75) is 90.8 Å². The van der Waals surface area contributed by atoms with Crippen LogP contribution in [-0.4, -0.2) is 22.1 Å². The third-order valence-electron chi connectivity index (χ3n) is 7.94. The van der Waals surface area contributed by atoms with Crippen LogP contribution in [0, 0.1) is 11.8 Å². The number of carbonyl (C=O) groups excluding carboxylic acids is 1. The minimum atomic E-state index is -4.56. The molecular formula is C33H43O7P. The zero-order valence-electron chi connectivity index (χ0n) is 24.4. The van der Waals surface area contributed by atoms with Crippen LogP contribution in [0.3, 0.4) is 0 Å². The molecule has 0 heterocycles. The van der Waals surface area contributed by atoms with Crippen molar-refractivity contribution >= 4 is 13.8 Å². The Hall–Kier alpha value is -2.70. The van der Waals surface area contributed by atoms with E-state index in [1.807, 2.05) is 19.1 Å². The lowest BCUT2D eigenvalue weighted by molar-refractivity contribution is -0.144. The first-order valence-electron chi connectivity index (χ1n) is 14.7. The molecule has 7 nitrogen and oxygen atoms in total. The molecule has 0 spiro atoms. The standard InChI is InChI=1S/C33H43O7P/c1-5-6-8-13-25-19-29(34)31(28-18-23(4)14-17-27(28)22(2)3)30(20-25)39-33(35)32(26-15-16-26)40-41(36,37)38-21-24-11-9-7-10-12-24/h7,9-12,18-20,26-28,32,34H,2,5-6,8,13-17,21H2,1,3-4H3,(H,36,37)/t27-,28+,32?/m0/s1. The highest BCUT2D eigenvalue weighted by Crippen LogP contribution is 2.51. The molecule has 4 rings (SSSR count). The van der Waals surface area contributed by atoms with Crippen LogP contribution in [0.1, 0.15) is 88.3 Å². The van der Waals surface area contributed by atoms with Gasteiger partial charge < -0.3 is 14.7 Å². The molecule has 2 aliphatic carbocycles. The highest BCUT2D eigenvalue weighted by atomic mass is 31.2. The summed E-state index contributed by atoms with van der Waals surface area (Å²) in [6, 6.07) is 12.6. The second-order valence-electron chi connectivity index (χ2n) is 11.5. The summed E-state index contributed by atoms with van der Waals surface area (Å²) in [6.45, 7) is 10.2. The Balaban J connectivity index is 1.61. The number of allylic oxidation sites excluding steroid dienone is 3. The molecule has 0 amide bonds. The van der Waals surface area contributed by atoms with Gasteiger partial charge in [-0.15, -0.1) is 0 Å². The Kier molecular flexibility index (Phi) is 10.6. The van der Waals surface area contributed by atoms with Gasteiger partial charge in [-0.2, -0.15) is 0 Å². The largest absolute Gasteiger partial charge is 0.507 e. The zero-order valence-corrected chi connectivity index (χ0v) is 25.3. The summed E-state index contributed by atoms with van der Waals surface area (Å²) in [5.41, 5.74) is 4.31. The molecule has 2 aromatic rings. The van der Waals surface area contributed by atoms with Crippen LogP contribution in [0.25, 0.3) is 0 Å². The Morgan fingerprint density at radius 1 is 1.12 bits per heavy atom. The first-order chi connectivity index (χ1) is 19.6. The number of aryl methyl sites for hydroxylation is 1. The van der Waals surface area contributed by atoms with Gasteiger partial charge in [0.05, 0.1) is 6.61 Å². The van der Waals surface area contributed by atoms with Gasteiger partial charge in [0.15, 0.2) is 6.10 Å². The number of hydrogen-bond acceptors (Lipinski definition) is 6. The number of carbonyl (C=O) groups is 1. The molecule has 2 aliphatic rings. The lowest BCUT2D eigenvalue weighted by Crippen LogP contribution is -2.31. The van der Waals surface area contributed by atoms with Gasteiger partial charge in [0.25, 0.3) is 0 Å². The molecular weight excluding hydrogens is 539 g/mol. The van der Waals surface area contributed by atoms with Crippen molar-refractivity contribution in [3.05, 3.63) is 83.0 Å². The molecule has 1 saturated carbocycles. The van der Waals surface area contributed by atoms with E-state index in [0.717, 1.165) is 49.7 Å². The molecule has 0 aromatic heterocycles. The minimum Gasteiger partial charge on any atom is -0.507 e. The van der Waals surface area contributed by atoms with Crippen LogP contribution >= 0.6 is 7.82 Å². The van der Waals surface area contributed by atoms with Crippen LogP contribution in [0.15, 0.2) is 66.3 Å². The minimum absolute atomic E-state index is 0.0758. The molecule has 0 aliphatic heterocycles. The summed E-state index contributed by atoms with van der Waals surface area (Å²) in [7, 11) is -4.56. The maximum atomic E-state index is 13.6. The summed E-state index contributed by atoms with van der Waals surface area (Å²) in [4.78, 5) is 24.1. The van der Waals surface area contributed by atoms with Crippen molar-refractivity contribution in [2.75, 3.05) is 0 Å². The molecule has 0 radical (unpaired) electrons. The van der Waals surface area contributed by atoms with Gasteiger partial charge in [0.2, 0.25) is 0 Å². The number of ether oxygens (including phenoxy) is 1. The summed E-state index contributed by atoms with van der Waals surface area (Å²) < 4.78 is 29.5. The number of phenolic OH excluding ortho intramolecular Hbond substituents is 1. The van der Waals surface area contributed by atoms with E-state index in [1.165, 1.54) is 5.57 Å². The van der Waals surface area contributed by atoms with Gasteiger partial charge in [-0.1, -0.05) is 73.9 Å². The lowest BCUT2D eigenvalue weighted by atomic mass is 9.73. The van der Waals surface area contributed by atoms with Crippen LogP contribution in [0.2, 0.25) is 0 Å². The van der Waals surface area contributed by atoms with Gasteiger partial charge >= 0.3 is 13.8 Å². The number of benzene rings is 2. The fourth-order valence-corrected chi connectivity index (χ4v) is 6.43. The van der Waals surface area contributed by atoms with Gasteiger partial charge in [-0.25, -0.2) is 9.36 Å². The maximum absolute atomic E-state index is 13.6. The fourth-order valence-electron chi connectivity index (χ4n) is 5.51. The number of unbranched alkanes of at least 4 members (excludes halogenated alkanes) is 2. The van der Waals surface area contributed by atoms with Crippen LogP contribution in [0.4, 0.5) is 0 Å². The predicted molar refractivity (Wildman–Crippen MR) is 160 cm³/mol. The van der Waals surface area contributed by atoms with E-state index in [2.05, 4.69) is 26.5 Å². The molecule has 0 bridgehead atoms. The van der Waals surface area contributed by atoms with E-state index in [9.17, 15) is 19.4 Å². The summed E-state index contributed by atoms with van der Waals surface area (Å²) in [5, 5.41) is 11.3. The quantitative estimate of drug-likeness (QED) is 0.0762. The monoisotopic (exact) mass is 582 g/mol. The number of aromatic hydroxyl groups is 1. The molecule has 8 heteroatoms. The fraction of sp³-hybridized carbons (Fsp3) is 0.485. The summed E-state index contributed by atoms with van der Waals surface area (Å²) in [6.07, 6.45) is 7.82. The van der Waals surface area contributed by atoms with E-state index in [-0.39, 0.29) is 35.9 Å². The van der Waals surface area contributed by atoms with Gasteiger partial charge in [0, 0.05) is 11.5 Å². The Morgan fingerprint density at radius 2 is 1.85 bits per heavy atom. The van der Waals surface area contributed by atoms with Crippen LogP contribution < -0.4 is 4.74 Å². The maximum Gasteiger partial charge on any atom is 0.473 e. The molecule has 2 unspecified atom stereocenters. The average molecular weight is 583 g/mol. The number of phosphoric acid groups is 1. The zero-order chi connectivity index (χ0) is 29.6. The van der Waals surface area contributed by atoms with E-state index in [4.69, 9.17) is 13.8 Å². The second-order valence-corrected chi connectivity index (χ2v) is 12.9. The molecule has 1 fully saturated rings. The number of esters is 1. The second kappa shape index (κ2) is 14.0. The molecule has 0 saturated heterocycles. The summed E-state index contributed by atoms with van der Waals surface area (Å²) in [5.74, 6) is -0.810. The number of phenols is 1. The van der Waals surface area contributed by atoms with E-state index < -0.39 is 19.9 Å². The number of phosphoric ester groups is 1. The van der Waals surface area contributed by atoms with Crippen molar-refractivity contribution in [1.82, 2.24) is 0 Å². The van der Waals surface area contributed by atoms with Crippen LogP contribution in [0.5, 0.6) is 11.5 Å². The highest BCUT2D eigenvalue weighted by molar-refractivity contribution is 7.47. The van der Waals surface area contributed by atoms with E-state index >= 15 is 0 Å². The molecule has 4 atom stereocenters. The predicted octanol–water partition coefficient (Wildman–Crippen LogP) is 8.16. The van der Waals surface area contributed by atoms with Crippen molar-refractivity contribution in [2.24, 2.45) is 11.8 Å². The molecule has 222 valence electrons. The van der Waals surface area contributed by atoms with Crippen molar-refractivity contribution in [3.63, 3.8) is 0 Å². The summed E-state index contributed by atoms with van der Waals surface area (Å²) >= 11 is 0. The van der Waals surface area contributed by atoms with Crippen LogP contribution in [-0.2, 0) is 31.4 Å². The topological polar surface area (TPSA) is 102 Å². The van der Waals surface area contributed by atoms with E-state index in [0.29, 0.717) is 24.0 Å². The Labute approximate surface area is 243 Å². The number of rotatable bonds is 14. The molecule has 41 heavy (non-hydrogen) atoms. The van der Waals surface area contributed by atoms with Crippen molar-refractivity contribution in [3.8, 4) is 11.5 Å². The third-order valence-corrected chi connectivity index (χ3v) is 8.89. The highest BCUT2D eigenvalue weighted by Gasteiger charge is 2.44. The first kappa shape index (κ1) is 31.2. The Bertz CT molecular complexity index is 1300. The Morgan fingerprint density at radius 3 is 2.51 bits per heavy atom. The lowest BCUT2D eigenvalue weighted by Gasteiger charge is -2.32. The molecule has 2 aromatic carbocycles. The van der Waals surface area contributed by atoms with Gasteiger partial charge in [-0.05, 0) is 87.5 Å².